The number of benzene rings is 1. The Labute approximate surface area is 179 Å². The molecule has 3 heterocycles. The number of fused-ring (bicyclic) bond motifs is 1. The first-order valence-corrected chi connectivity index (χ1v) is 10.9. The molecule has 5 heteroatoms. The Kier molecular flexibility index (Phi) is 7.14. The molecule has 2 aromatic rings. The van der Waals surface area contributed by atoms with Crippen molar-refractivity contribution in [2.24, 2.45) is 0 Å². The molecule has 30 heavy (non-hydrogen) atoms. The van der Waals surface area contributed by atoms with Gasteiger partial charge in [0.1, 0.15) is 6.61 Å². The fourth-order valence-electron chi connectivity index (χ4n) is 4.90. The van der Waals surface area contributed by atoms with Gasteiger partial charge in [-0.25, -0.2) is 0 Å². The summed E-state index contributed by atoms with van der Waals surface area (Å²) in [4.78, 5) is 9.35. The van der Waals surface area contributed by atoms with Gasteiger partial charge in [-0.2, -0.15) is 0 Å². The maximum Gasteiger partial charge on any atom is 0.107 e. The Bertz CT molecular complexity index is 859. The fourth-order valence-corrected chi connectivity index (χ4v) is 4.90. The Morgan fingerprint density at radius 3 is 2.73 bits per heavy atom. The Morgan fingerprint density at radius 2 is 2.00 bits per heavy atom. The first-order valence-electron chi connectivity index (χ1n) is 10.9. The Hall–Kier alpha value is -2.23. The first kappa shape index (κ1) is 21.0. The summed E-state index contributed by atoms with van der Waals surface area (Å²) in [7, 11) is 1.65. The number of nitrogens with zero attached hydrogens (tertiary/aromatic N) is 3. The zero-order chi connectivity index (χ0) is 20.8. The molecule has 0 spiro atoms. The number of methoxy groups -OCH3 is 1. The van der Waals surface area contributed by atoms with Gasteiger partial charge in [0, 0.05) is 56.2 Å². The molecule has 2 saturated heterocycles. The number of pyridine rings is 1. The molecule has 2 aliphatic rings. The van der Waals surface area contributed by atoms with Crippen molar-refractivity contribution in [3.63, 3.8) is 0 Å². The molecule has 0 unspecified atom stereocenters. The highest BCUT2D eigenvalue weighted by Crippen LogP contribution is 2.42. The molecule has 1 aromatic heterocycles. The third-order valence-corrected chi connectivity index (χ3v) is 6.33. The van der Waals surface area contributed by atoms with E-state index in [2.05, 4.69) is 57.0 Å². The summed E-state index contributed by atoms with van der Waals surface area (Å²) in [6, 6.07) is 13.4. The lowest BCUT2D eigenvalue weighted by molar-refractivity contribution is -0.0655. The molecule has 1 aromatic carbocycles. The summed E-state index contributed by atoms with van der Waals surface area (Å²) in [5.41, 5.74) is 3.57. The van der Waals surface area contributed by atoms with Gasteiger partial charge < -0.3 is 9.84 Å². The summed E-state index contributed by atoms with van der Waals surface area (Å²) in [6.45, 7) is 4.80. The maximum absolute atomic E-state index is 10.1. The largest absolute Gasteiger partial charge is 0.395 e. The van der Waals surface area contributed by atoms with E-state index in [9.17, 15) is 5.11 Å². The standard InChI is InChI=1S/C25H31N3O2/c1-30-15-5-7-20-8-10-22(11-9-20)25-23-18-27(17-21-6-4-12-26-16-21)13-2-3-14-28(23)24(25)19-29/h4,6,8-12,16,23-25,29H,2-3,13-15,17-19H2,1H3/t23-,24+,25+/m1/s1. The summed E-state index contributed by atoms with van der Waals surface area (Å²) in [6.07, 6.45) is 6.17. The van der Waals surface area contributed by atoms with Crippen molar-refractivity contribution in [2.75, 3.05) is 40.0 Å². The van der Waals surface area contributed by atoms with Gasteiger partial charge in [0.05, 0.1) is 6.61 Å². The van der Waals surface area contributed by atoms with E-state index in [1.807, 2.05) is 18.5 Å². The van der Waals surface area contributed by atoms with Crippen molar-refractivity contribution in [3.05, 3.63) is 65.5 Å². The third-order valence-electron chi connectivity index (χ3n) is 6.33. The monoisotopic (exact) mass is 405 g/mol. The van der Waals surface area contributed by atoms with Crippen LogP contribution in [0.1, 0.15) is 35.4 Å². The molecule has 1 N–H and O–H groups in total. The molecular weight excluding hydrogens is 374 g/mol. The predicted molar refractivity (Wildman–Crippen MR) is 118 cm³/mol. The van der Waals surface area contributed by atoms with Crippen molar-refractivity contribution in [3.8, 4) is 11.8 Å². The molecule has 5 nitrogen and oxygen atoms in total. The second-order valence-corrected chi connectivity index (χ2v) is 8.24. The van der Waals surface area contributed by atoms with Crippen molar-refractivity contribution < 1.29 is 9.84 Å². The van der Waals surface area contributed by atoms with E-state index in [0.29, 0.717) is 18.6 Å². The number of hydrogen-bond acceptors (Lipinski definition) is 5. The lowest BCUT2D eigenvalue weighted by Crippen LogP contribution is -2.67. The lowest BCUT2D eigenvalue weighted by atomic mass is 9.74. The highest BCUT2D eigenvalue weighted by molar-refractivity contribution is 5.39. The van der Waals surface area contributed by atoms with E-state index in [4.69, 9.17) is 4.74 Å². The van der Waals surface area contributed by atoms with Crippen LogP contribution < -0.4 is 0 Å². The smallest absolute Gasteiger partial charge is 0.107 e. The number of ether oxygens (including phenoxy) is 1. The van der Waals surface area contributed by atoms with Crippen LogP contribution in [-0.2, 0) is 11.3 Å². The minimum absolute atomic E-state index is 0.207. The molecule has 0 saturated carbocycles. The van der Waals surface area contributed by atoms with Gasteiger partial charge in [0.2, 0.25) is 0 Å². The summed E-state index contributed by atoms with van der Waals surface area (Å²) in [5, 5.41) is 10.1. The molecule has 0 amide bonds. The topological polar surface area (TPSA) is 48.8 Å². The highest BCUT2D eigenvalue weighted by atomic mass is 16.5. The average Bonchev–Trinajstić information content (AvgIpc) is 2.76. The molecule has 4 rings (SSSR count). The van der Waals surface area contributed by atoms with E-state index in [-0.39, 0.29) is 12.6 Å². The molecule has 2 fully saturated rings. The average molecular weight is 406 g/mol. The maximum atomic E-state index is 10.1. The zero-order valence-corrected chi connectivity index (χ0v) is 17.7. The molecule has 0 aliphatic carbocycles. The van der Waals surface area contributed by atoms with E-state index >= 15 is 0 Å². The van der Waals surface area contributed by atoms with Crippen LogP contribution >= 0.6 is 0 Å². The van der Waals surface area contributed by atoms with Gasteiger partial charge in [0.15, 0.2) is 0 Å². The lowest BCUT2D eigenvalue weighted by Gasteiger charge is -2.57. The third kappa shape index (κ3) is 4.74. The minimum Gasteiger partial charge on any atom is -0.395 e. The van der Waals surface area contributed by atoms with Gasteiger partial charge in [-0.3, -0.25) is 14.8 Å². The van der Waals surface area contributed by atoms with Gasteiger partial charge in [0.25, 0.3) is 0 Å². The number of rotatable bonds is 5. The van der Waals surface area contributed by atoms with Crippen molar-refractivity contribution >= 4 is 0 Å². The zero-order valence-electron chi connectivity index (χ0n) is 17.7. The van der Waals surface area contributed by atoms with E-state index in [1.54, 1.807) is 7.11 Å². The molecule has 2 aliphatic heterocycles. The fraction of sp³-hybridized carbons (Fsp3) is 0.480. The second-order valence-electron chi connectivity index (χ2n) is 8.24. The first-order chi connectivity index (χ1) is 14.8. The van der Waals surface area contributed by atoms with Crippen LogP contribution in [0.5, 0.6) is 0 Å². The second kappa shape index (κ2) is 10.2. The van der Waals surface area contributed by atoms with Gasteiger partial charge in [-0.1, -0.05) is 30.0 Å². The van der Waals surface area contributed by atoms with E-state index < -0.39 is 0 Å². The van der Waals surface area contributed by atoms with Crippen LogP contribution in [0.3, 0.4) is 0 Å². The van der Waals surface area contributed by atoms with E-state index in [0.717, 1.165) is 31.7 Å². The number of aliphatic hydroxyl groups is 1. The van der Waals surface area contributed by atoms with E-state index in [1.165, 1.54) is 24.0 Å². The SMILES string of the molecule is COCC#Cc1ccc([C@H]2[C@H]3CN(Cc4cccnc4)CCCCN3[C@H]2CO)cc1. The molecule has 3 atom stereocenters. The van der Waals surface area contributed by atoms with Crippen molar-refractivity contribution in [2.45, 2.75) is 37.4 Å². The predicted octanol–water partition coefficient (Wildman–Crippen LogP) is 2.50. The molecule has 0 radical (unpaired) electrons. The van der Waals surface area contributed by atoms with Crippen LogP contribution in [0, 0.1) is 11.8 Å². The van der Waals surface area contributed by atoms with Crippen LogP contribution in [0.2, 0.25) is 0 Å². The highest BCUT2D eigenvalue weighted by Gasteiger charge is 2.48. The number of aliphatic hydroxyl groups excluding tert-OH is 1. The van der Waals surface area contributed by atoms with Crippen molar-refractivity contribution in [1.29, 1.82) is 0 Å². The quantitative estimate of drug-likeness (QED) is 0.775. The summed E-state index contributed by atoms with van der Waals surface area (Å²) < 4.78 is 5.00. The molecule has 0 bridgehead atoms. The van der Waals surface area contributed by atoms with Gasteiger partial charge in [-0.15, -0.1) is 0 Å². The van der Waals surface area contributed by atoms with Gasteiger partial charge >= 0.3 is 0 Å². The Morgan fingerprint density at radius 1 is 1.17 bits per heavy atom. The molecule has 158 valence electrons. The molecular formula is C25H31N3O2. The van der Waals surface area contributed by atoms with Crippen LogP contribution in [0.25, 0.3) is 0 Å². The Balaban J connectivity index is 1.50. The minimum atomic E-state index is 0.207. The van der Waals surface area contributed by atoms with Crippen LogP contribution in [0.4, 0.5) is 0 Å². The van der Waals surface area contributed by atoms with Crippen LogP contribution in [0.15, 0.2) is 48.8 Å². The van der Waals surface area contributed by atoms with Crippen molar-refractivity contribution in [1.82, 2.24) is 14.8 Å². The number of aromatic nitrogens is 1. The number of hydrogen-bond donors (Lipinski definition) is 1. The van der Waals surface area contributed by atoms with Gasteiger partial charge in [-0.05, 0) is 55.3 Å². The summed E-state index contributed by atoms with van der Waals surface area (Å²) >= 11 is 0. The normalized spacial score (nSPS) is 24.7. The summed E-state index contributed by atoms with van der Waals surface area (Å²) in [5.74, 6) is 6.49. The van der Waals surface area contributed by atoms with Crippen LogP contribution in [-0.4, -0.2) is 71.9 Å².